The normalized spacial score (nSPS) is 43.4. The van der Waals surface area contributed by atoms with Crippen molar-refractivity contribution in [1.29, 1.82) is 0 Å². The van der Waals surface area contributed by atoms with Crippen LogP contribution < -0.4 is 5.32 Å². The Kier molecular flexibility index (Phi) is 2.88. The first-order chi connectivity index (χ1) is 6.70. The van der Waals surface area contributed by atoms with E-state index >= 15 is 0 Å². The van der Waals surface area contributed by atoms with E-state index in [1.807, 2.05) is 0 Å². The maximum absolute atomic E-state index is 11.3. The van der Waals surface area contributed by atoms with Gasteiger partial charge in [0.2, 0.25) is 0 Å². The molecule has 0 aromatic carbocycles. The van der Waals surface area contributed by atoms with Gasteiger partial charge in [-0.2, -0.15) is 0 Å². The van der Waals surface area contributed by atoms with Gasteiger partial charge in [0.15, 0.2) is 0 Å². The van der Waals surface area contributed by atoms with E-state index in [4.69, 9.17) is 4.74 Å². The highest BCUT2D eigenvalue weighted by Gasteiger charge is 2.37. The SMILES string of the molecule is COC1CC2CCC(=O)CC2NC1C. The molecule has 1 aliphatic carbocycles. The maximum atomic E-state index is 11.3. The van der Waals surface area contributed by atoms with Gasteiger partial charge in [0.05, 0.1) is 6.10 Å². The van der Waals surface area contributed by atoms with Crippen LogP contribution in [0.5, 0.6) is 0 Å². The van der Waals surface area contributed by atoms with Crippen molar-refractivity contribution in [2.24, 2.45) is 5.92 Å². The van der Waals surface area contributed by atoms with Crippen molar-refractivity contribution in [3.05, 3.63) is 0 Å². The van der Waals surface area contributed by atoms with Crippen LogP contribution in [0.4, 0.5) is 0 Å². The fourth-order valence-corrected chi connectivity index (χ4v) is 2.79. The van der Waals surface area contributed by atoms with E-state index in [1.165, 1.54) is 0 Å². The van der Waals surface area contributed by atoms with Crippen LogP contribution in [0.15, 0.2) is 0 Å². The summed E-state index contributed by atoms with van der Waals surface area (Å²) in [4.78, 5) is 11.3. The third-order valence-corrected chi connectivity index (χ3v) is 3.68. The summed E-state index contributed by atoms with van der Waals surface area (Å²) in [6.07, 6.45) is 3.98. The maximum Gasteiger partial charge on any atom is 0.134 e. The van der Waals surface area contributed by atoms with Gasteiger partial charge in [-0.1, -0.05) is 0 Å². The number of piperidine rings is 1. The molecule has 4 atom stereocenters. The molecule has 2 fully saturated rings. The van der Waals surface area contributed by atoms with Gasteiger partial charge in [0, 0.05) is 32.0 Å². The Labute approximate surface area is 85.2 Å². The second-order valence-electron chi connectivity index (χ2n) is 4.61. The summed E-state index contributed by atoms with van der Waals surface area (Å²) in [7, 11) is 1.77. The molecule has 0 aromatic rings. The van der Waals surface area contributed by atoms with Crippen LogP contribution >= 0.6 is 0 Å². The summed E-state index contributed by atoms with van der Waals surface area (Å²) in [5.41, 5.74) is 0. The van der Waals surface area contributed by atoms with Crippen molar-refractivity contribution in [3.8, 4) is 0 Å². The van der Waals surface area contributed by atoms with Gasteiger partial charge in [0.25, 0.3) is 0 Å². The van der Waals surface area contributed by atoms with Gasteiger partial charge in [-0.15, -0.1) is 0 Å². The molecule has 0 spiro atoms. The third-order valence-electron chi connectivity index (χ3n) is 3.68. The number of ether oxygens (including phenoxy) is 1. The van der Waals surface area contributed by atoms with Crippen molar-refractivity contribution in [2.75, 3.05) is 7.11 Å². The van der Waals surface area contributed by atoms with E-state index in [-0.39, 0.29) is 0 Å². The van der Waals surface area contributed by atoms with Gasteiger partial charge in [-0.05, 0) is 25.7 Å². The molecule has 3 heteroatoms. The van der Waals surface area contributed by atoms with Gasteiger partial charge in [-0.25, -0.2) is 0 Å². The number of ketones is 1. The van der Waals surface area contributed by atoms with Crippen molar-refractivity contribution in [1.82, 2.24) is 5.32 Å². The lowest BCUT2D eigenvalue weighted by Crippen LogP contribution is -2.55. The molecule has 0 bridgehead atoms. The fraction of sp³-hybridized carbons (Fsp3) is 0.909. The molecule has 1 N–H and O–H groups in total. The Bertz CT molecular complexity index is 229. The summed E-state index contributed by atoms with van der Waals surface area (Å²) in [5.74, 6) is 1.07. The highest BCUT2D eigenvalue weighted by Crippen LogP contribution is 2.31. The molecule has 2 rings (SSSR count). The van der Waals surface area contributed by atoms with E-state index in [9.17, 15) is 4.79 Å². The van der Waals surface area contributed by atoms with Crippen LogP contribution in [-0.2, 0) is 9.53 Å². The molecular weight excluding hydrogens is 178 g/mol. The minimum Gasteiger partial charge on any atom is -0.380 e. The molecule has 0 amide bonds. The number of carbonyl (C=O) groups is 1. The quantitative estimate of drug-likeness (QED) is 0.684. The second kappa shape index (κ2) is 3.99. The van der Waals surface area contributed by atoms with Crippen LogP contribution in [-0.4, -0.2) is 31.1 Å². The first kappa shape index (κ1) is 10.1. The van der Waals surface area contributed by atoms with Crippen molar-refractivity contribution < 1.29 is 9.53 Å². The molecule has 14 heavy (non-hydrogen) atoms. The molecule has 1 heterocycles. The lowest BCUT2D eigenvalue weighted by molar-refractivity contribution is -0.123. The van der Waals surface area contributed by atoms with Crippen molar-refractivity contribution in [3.63, 3.8) is 0 Å². The lowest BCUT2D eigenvalue weighted by atomic mass is 9.76. The Morgan fingerprint density at radius 1 is 1.50 bits per heavy atom. The molecule has 1 saturated heterocycles. The molecule has 1 aliphatic heterocycles. The summed E-state index contributed by atoms with van der Waals surface area (Å²) in [5, 5.41) is 3.50. The third kappa shape index (κ3) is 1.84. The Morgan fingerprint density at radius 3 is 3.00 bits per heavy atom. The summed E-state index contributed by atoms with van der Waals surface area (Å²) < 4.78 is 5.43. The number of carbonyl (C=O) groups excluding carboxylic acids is 1. The number of rotatable bonds is 1. The zero-order chi connectivity index (χ0) is 10.1. The lowest BCUT2D eigenvalue weighted by Gasteiger charge is -2.42. The van der Waals surface area contributed by atoms with E-state index in [1.54, 1.807) is 7.11 Å². The molecule has 0 aromatic heterocycles. The number of nitrogens with one attached hydrogen (secondary N) is 1. The van der Waals surface area contributed by atoms with E-state index in [0.717, 1.165) is 25.7 Å². The van der Waals surface area contributed by atoms with Gasteiger partial charge in [0.1, 0.15) is 5.78 Å². The molecule has 2 aliphatic rings. The predicted octanol–water partition coefficient (Wildman–Crippen LogP) is 1.12. The molecule has 3 nitrogen and oxygen atoms in total. The molecule has 4 unspecified atom stereocenters. The first-order valence-corrected chi connectivity index (χ1v) is 5.51. The zero-order valence-electron chi connectivity index (χ0n) is 8.95. The zero-order valence-corrected chi connectivity index (χ0v) is 8.95. The number of hydrogen-bond acceptors (Lipinski definition) is 3. The van der Waals surface area contributed by atoms with Gasteiger partial charge in [-0.3, -0.25) is 4.79 Å². The van der Waals surface area contributed by atoms with Crippen molar-refractivity contribution in [2.45, 2.75) is 50.8 Å². The van der Waals surface area contributed by atoms with Crippen LogP contribution in [0, 0.1) is 5.92 Å². The minimum absolute atomic E-state index is 0.324. The monoisotopic (exact) mass is 197 g/mol. The minimum atomic E-state index is 0.324. The topological polar surface area (TPSA) is 38.3 Å². The first-order valence-electron chi connectivity index (χ1n) is 5.51. The van der Waals surface area contributed by atoms with E-state index in [0.29, 0.717) is 29.9 Å². The average Bonchev–Trinajstić information content (AvgIpc) is 2.16. The largest absolute Gasteiger partial charge is 0.380 e. The highest BCUT2D eigenvalue weighted by atomic mass is 16.5. The summed E-state index contributed by atoms with van der Waals surface area (Å²) >= 11 is 0. The highest BCUT2D eigenvalue weighted by molar-refractivity contribution is 5.79. The fourth-order valence-electron chi connectivity index (χ4n) is 2.79. The van der Waals surface area contributed by atoms with E-state index < -0.39 is 0 Å². The number of Topliss-reactive ketones (excluding diaryl/α,β-unsaturated/α-hetero) is 1. The molecule has 0 radical (unpaired) electrons. The second-order valence-corrected chi connectivity index (χ2v) is 4.61. The van der Waals surface area contributed by atoms with Crippen LogP contribution in [0.2, 0.25) is 0 Å². The molecule has 80 valence electrons. The van der Waals surface area contributed by atoms with E-state index in [2.05, 4.69) is 12.2 Å². The Morgan fingerprint density at radius 2 is 2.29 bits per heavy atom. The van der Waals surface area contributed by atoms with Gasteiger partial charge < -0.3 is 10.1 Å². The standard InChI is InChI=1S/C11H19NO2/c1-7-11(14-2)5-8-3-4-9(13)6-10(8)12-7/h7-8,10-12H,3-6H2,1-2H3. The van der Waals surface area contributed by atoms with Crippen LogP contribution in [0.3, 0.4) is 0 Å². The Hall–Kier alpha value is -0.410. The number of hydrogen-bond donors (Lipinski definition) is 1. The average molecular weight is 197 g/mol. The number of fused-ring (bicyclic) bond motifs is 1. The summed E-state index contributed by atoms with van der Waals surface area (Å²) in [6.45, 7) is 2.14. The van der Waals surface area contributed by atoms with Crippen LogP contribution in [0.25, 0.3) is 0 Å². The van der Waals surface area contributed by atoms with Crippen LogP contribution in [0.1, 0.15) is 32.6 Å². The smallest absolute Gasteiger partial charge is 0.134 e. The van der Waals surface area contributed by atoms with Crippen molar-refractivity contribution >= 4 is 5.78 Å². The predicted molar refractivity (Wildman–Crippen MR) is 54.1 cm³/mol. The molecular formula is C11H19NO2. The van der Waals surface area contributed by atoms with Gasteiger partial charge >= 0.3 is 0 Å². The summed E-state index contributed by atoms with van der Waals surface area (Å²) in [6, 6.07) is 0.796. The molecule has 1 saturated carbocycles. The number of methoxy groups -OCH3 is 1. The Balaban J connectivity index is 2.00.